The molecule has 0 atom stereocenters. The molecule has 0 spiro atoms. The Hall–Kier alpha value is -1.06. The zero-order valence-corrected chi connectivity index (χ0v) is 10.6. The highest BCUT2D eigenvalue weighted by molar-refractivity contribution is 6.30. The molecule has 0 unspecified atom stereocenters. The summed E-state index contributed by atoms with van der Waals surface area (Å²) >= 11 is 5.86. The van der Waals surface area contributed by atoms with Crippen LogP contribution in [0.5, 0.6) is 0 Å². The number of aliphatic imine (C=N–C) groups is 1. The van der Waals surface area contributed by atoms with Gasteiger partial charge >= 0.3 is 0 Å². The van der Waals surface area contributed by atoms with Crippen molar-refractivity contribution in [1.29, 1.82) is 0 Å². The molecule has 1 saturated carbocycles. The van der Waals surface area contributed by atoms with Gasteiger partial charge in [-0.05, 0) is 37.1 Å². The van der Waals surface area contributed by atoms with E-state index < -0.39 is 0 Å². The Morgan fingerprint density at radius 1 is 1.18 bits per heavy atom. The third-order valence-electron chi connectivity index (χ3n) is 3.14. The number of amidine groups is 1. The van der Waals surface area contributed by atoms with E-state index >= 15 is 0 Å². The maximum absolute atomic E-state index is 5.86. The topological polar surface area (TPSA) is 50.4 Å². The standard InChI is InChI=1S/C13H18ClN3/c14-11-8-6-10(7-9-11)13(17-15)16-12-4-2-1-3-5-12/h6-9,12H,1-5,15H2,(H,16,17). The van der Waals surface area contributed by atoms with Gasteiger partial charge < -0.3 is 5.43 Å². The Morgan fingerprint density at radius 2 is 1.82 bits per heavy atom. The van der Waals surface area contributed by atoms with Crippen LogP contribution in [-0.2, 0) is 0 Å². The van der Waals surface area contributed by atoms with Gasteiger partial charge in [0.2, 0.25) is 0 Å². The van der Waals surface area contributed by atoms with Gasteiger partial charge in [-0.15, -0.1) is 0 Å². The number of hydrazine groups is 1. The van der Waals surface area contributed by atoms with E-state index in [1.165, 1.54) is 32.1 Å². The van der Waals surface area contributed by atoms with E-state index in [0.29, 0.717) is 6.04 Å². The molecule has 0 aromatic heterocycles. The maximum Gasteiger partial charge on any atom is 0.142 e. The maximum atomic E-state index is 5.86. The highest BCUT2D eigenvalue weighted by Crippen LogP contribution is 2.21. The summed E-state index contributed by atoms with van der Waals surface area (Å²) in [5.41, 5.74) is 3.68. The summed E-state index contributed by atoms with van der Waals surface area (Å²) < 4.78 is 0. The fourth-order valence-corrected chi connectivity index (χ4v) is 2.32. The fourth-order valence-electron chi connectivity index (χ4n) is 2.20. The molecule has 1 aliphatic carbocycles. The van der Waals surface area contributed by atoms with Crippen LogP contribution in [0.4, 0.5) is 0 Å². The van der Waals surface area contributed by atoms with E-state index in [2.05, 4.69) is 5.43 Å². The second kappa shape index (κ2) is 6.03. The van der Waals surface area contributed by atoms with Gasteiger partial charge in [-0.25, -0.2) is 5.84 Å². The Balaban J connectivity index is 2.14. The smallest absolute Gasteiger partial charge is 0.142 e. The summed E-state index contributed by atoms with van der Waals surface area (Å²) in [5, 5.41) is 0.725. The Kier molecular flexibility index (Phi) is 4.40. The molecule has 0 aliphatic heterocycles. The van der Waals surface area contributed by atoms with Crippen molar-refractivity contribution in [2.75, 3.05) is 0 Å². The van der Waals surface area contributed by atoms with E-state index in [-0.39, 0.29) is 0 Å². The summed E-state index contributed by atoms with van der Waals surface area (Å²) in [7, 11) is 0. The first-order valence-corrected chi connectivity index (χ1v) is 6.48. The van der Waals surface area contributed by atoms with E-state index in [9.17, 15) is 0 Å². The highest BCUT2D eigenvalue weighted by atomic mass is 35.5. The van der Waals surface area contributed by atoms with Crippen molar-refractivity contribution in [3.63, 3.8) is 0 Å². The average Bonchev–Trinajstić information content (AvgIpc) is 2.38. The van der Waals surface area contributed by atoms with Gasteiger partial charge in [-0.1, -0.05) is 30.9 Å². The number of nitrogens with two attached hydrogens (primary N) is 1. The molecule has 92 valence electrons. The molecule has 17 heavy (non-hydrogen) atoms. The second-order valence-electron chi connectivity index (χ2n) is 4.42. The minimum atomic E-state index is 0.408. The van der Waals surface area contributed by atoms with Crippen LogP contribution in [0.1, 0.15) is 37.7 Å². The average molecular weight is 252 g/mol. The van der Waals surface area contributed by atoms with Crippen LogP contribution >= 0.6 is 11.6 Å². The number of rotatable bonds is 2. The number of nitrogens with zero attached hydrogens (tertiary/aromatic N) is 1. The molecule has 1 aliphatic rings. The number of hydrogen-bond donors (Lipinski definition) is 2. The molecule has 3 nitrogen and oxygen atoms in total. The summed E-state index contributed by atoms with van der Waals surface area (Å²) in [4.78, 5) is 4.69. The third kappa shape index (κ3) is 3.45. The normalized spacial score (nSPS) is 18.1. The molecular weight excluding hydrogens is 234 g/mol. The third-order valence-corrected chi connectivity index (χ3v) is 3.39. The van der Waals surface area contributed by atoms with Crippen LogP contribution in [0, 0.1) is 0 Å². The van der Waals surface area contributed by atoms with Gasteiger partial charge in [0.25, 0.3) is 0 Å². The predicted octanol–water partition coefficient (Wildman–Crippen LogP) is 2.88. The lowest BCUT2D eigenvalue weighted by Gasteiger charge is -2.19. The summed E-state index contributed by atoms with van der Waals surface area (Å²) in [6, 6.07) is 7.98. The first kappa shape index (κ1) is 12.4. The molecule has 0 bridgehead atoms. The molecule has 0 saturated heterocycles. The van der Waals surface area contributed by atoms with Crippen LogP contribution in [0.3, 0.4) is 0 Å². The zero-order valence-electron chi connectivity index (χ0n) is 9.82. The fraction of sp³-hybridized carbons (Fsp3) is 0.462. The highest BCUT2D eigenvalue weighted by Gasteiger charge is 2.13. The van der Waals surface area contributed by atoms with Crippen LogP contribution in [0.25, 0.3) is 0 Å². The van der Waals surface area contributed by atoms with Crippen molar-refractivity contribution in [2.24, 2.45) is 10.8 Å². The van der Waals surface area contributed by atoms with Crippen LogP contribution in [-0.4, -0.2) is 11.9 Å². The second-order valence-corrected chi connectivity index (χ2v) is 4.86. The van der Waals surface area contributed by atoms with Crippen molar-refractivity contribution in [3.05, 3.63) is 34.9 Å². The Morgan fingerprint density at radius 3 is 2.41 bits per heavy atom. The number of hydrogen-bond acceptors (Lipinski definition) is 2. The van der Waals surface area contributed by atoms with E-state index in [1.807, 2.05) is 24.3 Å². The van der Waals surface area contributed by atoms with Crippen molar-refractivity contribution in [1.82, 2.24) is 5.43 Å². The lowest BCUT2D eigenvalue weighted by molar-refractivity contribution is 0.442. The first-order valence-electron chi connectivity index (χ1n) is 6.10. The molecule has 4 heteroatoms. The van der Waals surface area contributed by atoms with Gasteiger partial charge in [-0.2, -0.15) is 0 Å². The van der Waals surface area contributed by atoms with Crippen LogP contribution in [0.15, 0.2) is 29.3 Å². The Labute approximate surface area is 107 Å². The molecule has 2 rings (SSSR count). The van der Waals surface area contributed by atoms with Crippen LogP contribution < -0.4 is 11.3 Å². The van der Waals surface area contributed by atoms with Crippen molar-refractivity contribution >= 4 is 17.4 Å². The summed E-state index contributed by atoms with van der Waals surface area (Å²) in [6.45, 7) is 0. The quantitative estimate of drug-likeness (QED) is 0.368. The van der Waals surface area contributed by atoms with E-state index in [4.69, 9.17) is 22.4 Å². The van der Waals surface area contributed by atoms with Crippen LogP contribution in [0.2, 0.25) is 5.02 Å². The zero-order chi connectivity index (χ0) is 12.1. The van der Waals surface area contributed by atoms with E-state index in [1.54, 1.807) is 0 Å². The molecule has 1 fully saturated rings. The molecule has 0 heterocycles. The SMILES string of the molecule is NNC(=NC1CCCCC1)c1ccc(Cl)cc1. The van der Waals surface area contributed by atoms with Crippen molar-refractivity contribution in [2.45, 2.75) is 38.1 Å². The predicted molar refractivity (Wildman–Crippen MR) is 72.2 cm³/mol. The minimum absolute atomic E-state index is 0.408. The van der Waals surface area contributed by atoms with Gasteiger partial charge in [-0.3, -0.25) is 4.99 Å². The number of benzene rings is 1. The molecule has 1 aromatic carbocycles. The monoisotopic (exact) mass is 251 g/mol. The lowest BCUT2D eigenvalue weighted by Crippen LogP contribution is -2.32. The molecule has 0 amide bonds. The lowest BCUT2D eigenvalue weighted by atomic mass is 9.96. The summed E-state index contributed by atoms with van der Waals surface area (Å²) in [5.74, 6) is 6.30. The molecule has 1 aromatic rings. The first-order chi connectivity index (χ1) is 8.29. The van der Waals surface area contributed by atoms with Gasteiger partial charge in [0.05, 0.1) is 6.04 Å². The minimum Gasteiger partial charge on any atom is -0.308 e. The number of halogens is 1. The van der Waals surface area contributed by atoms with Gasteiger partial charge in [0, 0.05) is 10.6 Å². The molecule has 0 radical (unpaired) electrons. The molecule has 3 N–H and O–H groups in total. The van der Waals surface area contributed by atoms with Gasteiger partial charge in [0.15, 0.2) is 0 Å². The summed E-state index contributed by atoms with van der Waals surface area (Å²) in [6.07, 6.45) is 6.20. The van der Waals surface area contributed by atoms with Crippen molar-refractivity contribution in [3.8, 4) is 0 Å². The largest absolute Gasteiger partial charge is 0.308 e. The molecular formula is C13H18ClN3. The van der Waals surface area contributed by atoms with E-state index in [0.717, 1.165) is 16.4 Å². The van der Waals surface area contributed by atoms with Crippen molar-refractivity contribution < 1.29 is 0 Å². The number of nitrogens with one attached hydrogen (secondary N) is 1. The Bertz CT molecular complexity index is 380. The van der Waals surface area contributed by atoms with Gasteiger partial charge in [0.1, 0.15) is 5.84 Å².